The molecule has 0 aromatic heterocycles. The van der Waals surface area contributed by atoms with Crippen molar-refractivity contribution in [2.75, 3.05) is 41.7 Å². The molecule has 142 valence electrons. The van der Waals surface area contributed by atoms with E-state index in [0.717, 1.165) is 11.1 Å². The van der Waals surface area contributed by atoms with E-state index in [1.54, 1.807) is 40.6 Å². The summed E-state index contributed by atoms with van der Waals surface area (Å²) < 4.78 is 21.2. The molecule has 0 aliphatic rings. The Kier molecular flexibility index (Phi) is 7.12. The minimum absolute atomic E-state index is 0.130. The quantitative estimate of drug-likeness (QED) is 0.714. The van der Waals surface area contributed by atoms with Gasteiger partial charge in [-0.2, -0.15) is 0 Å². The van der Waals surface area contributed by atoms with Crippen LogP contribution in [0.4, 0.5) is 0 Å². The maximum absolute atomic E-state index is 10.0. The largest absolute Gasteiger partial charge is 0.493 e. The van der Waals surface area contributed by atoms with Gasteiger partial charge in [0.15, 0.2) is 23.0 Å². The Bertz CT molecular complexity index is 654. The number of ether oxygens (including phenoxy) is 4. The lowest BCUT2D eigenvalue weighted by atomic mass is 9.82. The van der Waals surface area contributed by atoms with Gasteiger partial charge >= 0.3 is 0 Å². The maximum atomic E-state index is 10.0. The molecule has 2 unspecified atom stereocenters. The Morgan fingerprint density at radius 1 is 0.615 bits per heavy atom. The van der Waals surface area contributed by atoms with E-state index in [0.29, 0.717) is 23.0 Å². The van der Waals surface area contributed by atoms with Crippen molar-refractivity contribution in [3.63, 3.8) is 0 Å². The van der Waals surface area contributed by atoms with E-state index in [1.807, 2.05) is 24.3 Å². The van der Waals surface area contributed by atoms with Gasteiger partial charge < -0.3 is 29.2 Å². The first-order valence-corrected chi connectivity index (χ1v) is 8.29. The van der Waals surface area contributed by atoms with E-state index in [2.05, 4.69) is 0 Å². The highest BCUT2D eigenvalue weighted by Gasteiger charge is 2.26. The van der Waals surface area contributed by atoms with Crippen LogP contribution in [0, 0.1) is 0 Å². The lowest BCUT2D eigenvalue weighted by molar-refractivity contribution is 0.196. The highest BCUT2D eigenvalue weighted by atomic mass is 16.5. The zero-order valence-electron chi connectivity index (χ0n) is 15.6. The number of benzene rings is 2. The first kappa shape index (κ1) is 19.9. The van der Waals surface area contributed by atoms with Crippen molar-refractivity contribution in [1.29, 1.82) is 0 Å². The molecule has 0 heterocycles. The predicted octanol–water partition coefficient (Wildman–Crippen LogP) is 2.57. The maximum Gasteiger partial charge on any atom is 0.160 e. The Hall–Kier alpha value is -2.44. The van der Waals surface area contributed by atoms with Crippen LogP contribution in [-0.2, 0) is 0 Å². The summed E-state index contributed by atoms with van der Waals surface area (Å²) in [5.74, 6) is 1.73. The van der Waals surface area contributed by atoms with E-state index in [4.69, 9.17) is 18.9 Å². The van der Waals surface area contributed by atoms with E-state index in [1.165, 1.54) is 0 Å². The third-order valence-electron chi connectivity index (χ3n) is 4.55. The van der Waals surface area contributed by atoms with Gasteiger partial charge in [-0.1, -0.05) is 12.1 Å². The minimum Gasteiger partial charge on any atom is -0.493 e. The standard InChI is InChI=1S/C20H26O6/c1-23-17-7-5-13(9-19(17)25-3)15(11-21)16(12-22)14-6-8-18(24-2)20(10-14)26-4/h5-10,15-16,21-22H,11-12H2,1-4H3. The van der Waals surface area contributed by atoms with Crippen molar-refractivity contribution in [2.24, 2.45) is 0 Å². The normalized spacial score (nSPS) is 13.0. The van der Waals surface area contributed by atoms with Crippen LogP contribution in [0.15, 0.2) is 36.4 Å². The minimum atomic E-state index is -0.321. The van der Waals surface area contributed by atoms with Crippen molar-refractivity contribution in [3.8, 4) is 23.0 Å². The number of aliphatic hydroxyl groups excluding tert-OH is 2. The lowest BCUT2D eigenvalue weighted by Crippen LogP contribution is -2.19. The van der Waals surface area contributed by atoms with Crippen molar-refractivity contribution in [2.45, 2.75) is 11.8 Å². The summed E-state index contributed by atoms with van der Waals surface area (Å²) in [4.78, 5) is 0. The van der Waals surface area contributed by atoms with Crippen molar-refractivity contribution in [1.82, 2.24) is 0 Å². The molecular weight excluding hydrogens is 336 g/mol. The van der Waals surface area contributed by atoms with E-state index >= 15 is 0 Å². The monoisotopic (exact) mass is 362 g/mol. The molecule has 0 spiro atoms. The molecule has 26 heavy (non-hydrogen) atoms. The Labute approximate surface area is 153 Å². The van der Waals surface area contributed by atoms with E-state index in [9.17, 15) is 10.2 Å². The van der Waals surface area contributed by atoms with E-state index in [-0.39, 0.29) is 25.0 Å². The molecule has 2 atom stereocenters. The summed E-state index contributed by atoms with van der Waals surface area (Å²) in [5.41, 5.74) is 1.69. The molecular formula is C20H26O6. The molecule has 2 aromatic rings. The van der Waals surface area contributed by atoms with Crippen LogP contribution < -0.4 is 18.9 Å². The van der Waals surface area contributed by atoms with Gasteiger partial charge in [-0.05, 0) is 35.4 Å². The second kappa shape index (κ2) is 9.31. The molecule has 6 nitrogen and oxygen atoms in total. The summed E-state index contributed by atoms with van der Waals surface area (Å²) in [6.07, 6.45) is 0. The molecule has 0 aliphatic heterocycles. The highest BCUT2D eigenvalue weighted by Crippen LogP contribution is 2.39. The number of hydrogen-bond acceptors (Lipinski definition) is 6. The Morgan fingerprint density at radius 3 is 1.23 bits per heavy atom. The molecule has 2 N–H and O–H groups in total. The summed E-state index contributed by atoms with van der Waals surface area (Å²) in [6, 6.07) is 11.0. The molecule has 6 heteroatoms. The second-order valence-electron chi connectivity index (χ2n) is 5.81. The summed E-state index contributed by atoms with van der Waals surface area (Å²) in [7, 11) is 6.27. The number of hydrogen-bond donors (Lipinski definition) is 2. The van der Waals surface area contributed by atoms with Gasteiger partial charge in [0.2, 0.25) is 0 Å². The zero-order valence-corrected chi connectivity index (χ0v) is 15.6. The molecule has 0 aliphatic carbocycles. The van der Waals surface area contributed by atoms with Crippen LogP contribution >= 0.6 is 0 Å². The number of methoxy groups -OCH3 is 4. The summed E-state index contributed by atoms with van der Waals surface area (Å²) in [5, 5.41) is 20.0. The molecule has 0 fully saturated rings. The Morgan fingerprint density at radius 2 is 0.962 bits per heavy atom. The van der Waals surface area contributed by atoms with Crippen molar-refractivity contribution < 1.29 is 29.2 Å². The first-order chi connectivity index (χ1) is 12.6. The van der Waals surface area contributed by atoms with Crippen LogP contribution in [-0.4, -0.2) is 51.9 Å². The highest BCUT2D eigenvalue weighted by molar-refractivity contribution is 5.47. The average Bonchev–Trinajstić information content (AvgIpc) is 2.70. The topological polar surface area (TPSA) is 77.4 Å². The van der Waals surface area contributed by atoms with Gasteiger partial charge in [0.25, 0.3) is 0 Å². The van der Waals surface area contributed by atoms with Crippen LogP contribution in [0.25, 0.3) is 0 Å². The fraction of sp³-hybridized carbons (Fsp3) is 0.400. The first-order valence-electron chi connectivity index (χ1n) is 8.29. The van der Waals surface area contributed by atoms with Gasteiger partial charge in [0.05, 0.1) is 41.7 Å². The van der Waals surface area contributed by atoms with Crippen LogP contribution in [0.3, 0.4) is 0 Å². The average molecular weight is 362 g/mol. The fourth-order valence-electron chi connectivity index (χ4n) is 3.10. The summed E-state index contributed by atoms with van der Waals surface area (Å²) in [6.45, 7) is -0.260. The third kappa shape index (κ3) is 4.03. The molecule has 0 bridgehead atoms. The van der Waals surface area contributed by atoms with Crippen LogP contribution in [0.5, 0.6) is 23.0 Å². The van der Waals surface area contributed by atoms with Gasteiger partial charge in [-0.25, -0.2) is 0 Å². The molecule has 2 aromatic carbocycles. The second-order valence-corrected chi connectivity index (χ2v) is 5.81. The number of rotatable bonds is 9. The van der Waals surface area contributed by atoms with E-state index < -0.39 is 0 Å². The molecule has 0 radical (unpaired) electrons. The van der Waals surface area contributed by atoms with Crippen LogP contribution in [0.2, 0.25) is 0 Å². The van der Waals surface area contributed by atoms with Gasteiger partial charge in [-0.15, -0.1) is 0 Å². The van der Waals surface area contributed by atoms with Gasteiger partial charge in [0, 0.05) is 11.8 Å². The SMILES string of the molecule is COc1ccc(C(CO)C(CO)c2ccc(OC)c(OC)c2)cc1OC. The fourth-order valence-corrected chi connectivity index (χ4v) is 3.10. The predicted molar refractivity (Wildman–Crippen MR) is 98.7 cm³/mol. The zero-order chi connectivity index (χ0) is 19.1. The van der Waals surface area contributed by atoms with Crippen LogP contribution in [0.1, 0.15) is 23.0 Å². The third-order valence-corrected chi connectivity index (χ3v) is 4.55. The van der Waals surface area contributed by atoms with Gasteiger partial charge in [-0.3, -0.25) is 0 Å². The van der Waals surface area contributed by atoms with Crippen molar-refractivity contribution in [3.05, 3.63) is 47.5 Å². The Balaban J connectivity index is 2.43. The lowest BCUT2D eigenvalue weighted by Gasteiger charge is -2.26. The van der Waals surface area contributed by atoms with Crippen molar-refractivity contribution >= 4 is 0 Å². The molecule has 2 rings (SSSR count). The van der Waals surface area contributed by atoms with Gasteiger partial charge in [0.1, 0.15) is 0 Å². The smallest absolute Gasteiger partial charge is 0.160 e. The molecule has 0 saturated carbocycles. The number of aliphatic hydroxyl groups is 2. The molecule has 0 saturated heterocycles. The summed E-state index contributed by atoms with van der Waals surface area (Å²) >= 11 is 0. The molecule has 0 amide bonds.